The SMILES string of the molecule is CCc1cnc2[nH]cc(-c3nc(NC4CC5CCC4CC5)c(F)c(-c4ccc(C5CC5)s4)n3)c2n1. The Kier molecular flexibility index (Phi) is 5.12. The first kappa shape index (κ1) is 21.4. The lowest BCUT2D eigenvalue weighted by molar-refractivity contribution is 0.157. The summed E-state index contributed by atoms with van der Waals surface area (Å²) in [7, 11) is 0. The van der Waals surface area contributed by atoms with E-state index in [1.54, 1.807) is 17.5 Å². The highest BCUT2D eigenvalue weighted by Gasteiger charge is 2.36. The van der Waals surface area contributed by atoms with Crippen molar-refractivity contribution in [3.63, 3.8) is 0 Å². The lowest BCUT2D eigenvalue weighted by Gasteiger charge is -2.42. The van der Waals surface area contributed by atoms with Crippen molar-refractivity contribution in [3.8, 4) is 22.0 Å². The number of fused-ring (bicyclic) bond motifs is 4. The highest BCUT2D eigenvalue weighted by molar-refractivity contribution is 7.15. The molecule has 4 saturated carbocycles. The molecule has 35 heavy (non-hydrogen) atoms. The van der Waals surface area contributed by atoms with E-state index in [1.165, 1.54) is 43.4 Å². The van der Waals surface area contributed by atoms with Crippen LogP contribution in [0.15, 0.2) is 24.5 Å². The minimum Gasteiger partial charge on any atom is -0.364 e. The lowest BCUT2D eigenvalue weighted by Crippen LogP contribution is -2.40. The number of hydrogen-bond donors (Lipinski definition) is 2. The number of aryl methyl sites for hydroxylation is 1. The molecule has 180 valence electrons. The fourth-order valence-electron chi connectivity index (χ4n) is 5.89. The summed E-state index contributed by atoms with van der Waals surface area (Å²) >= 11 is 1.66. The van der Waals surface area contributed by atoms with E-state index in [9.17, 15) is 0 Å². The van der Waals surface area contributed by atoms with Crippen LogP contribution in [-0.2, 0) is 6.42 Å². The van der Waals surface area contributed by atoms with E-state index in [-0.39, 0.29) is 11.9 Å². The van der Waals surface area contributed by atoms with Gasteiger partial charge in [0, 0.05) is 17.1 Å². The molecule has 0 aromatic carbocycles. The molecule has 4 aliphatic carbocycles. The van der Waals surface area contributed by atoms with Crippen molar-refractivity contribution in [2.45, 2.75) is 70.3 Å². The van der Waals surface area contributed by atoms with Crippen molar-refractivity contribution in [1.82, 2.24) is 24.9 Å². The Hall–Kier alpha value is -2.87. The molecule has 4 fully saturated rings. The van der Waals surface area contributed by atoms with Gasteiger partial charge in [0.15, 0.2) is 23.1 Å². The van der Waals surface area contributed by atoms with E-state index in [1.807, 2.05) is 12.3 Å². The van der Waals surface area contributed by atoms with E-state index < -0.39 is 0 Å². The van der Waals surface area contributed by atoms with Crippen LogP contribution in [0.5, 0.6) is 0 Å². The molecule has 0 amide bonds. The summed E-state index contributed by atoms with van der Waals surface area (Å²) in [5.41, 5.74) is 3.47. The summed E-state index contributed by atoms with van der Waals surface area (Å²) in [5.74, 6) is 2.42. The molecule has 0 saturated heterocycles. The number of nitrogens with zero attached hydrogens (tertiary/aromatic N) is 4. The molecule has 2 N–H and O–H groups in total. The van der Waals surface area contributed by atoms with Crippen LogP contribution in [-0.4, -0.2) is 31.0 Å². The number of aromatic nitrogens is 5. The van der Waals surface area contributed by atoms with Gasteiger partial charge in [0.1, 0.15) is 11.2 Å². The largest absolute Gasteiger partial charge is 0.364 e. The fraction of sp³-hybridized carbons (Fsp3) is 0.481. The summed E-state index contributed by atoms with van der Waals surface area (Å²) in [5, 5.41) is 3.54. The predicted molar refractivity (Wildman–Crippen MR) is 137 cm³/mol. The average molecular weight is 489 g/mol. The van der Waals surface area contributed by atoms with Crippen molar-refractivity contribution >= 4 is 28.3 Å². The number of nitrogens with one attached hydrogen (secondary N) is 2. The zero-order valence-corrected chi connectivity index (χ0v) is 20.7. The van der Waals surface area contributed by atoms with Gasteiger partial charge in [-0.05, 0) is 68.4 Å². The monoisotopic (exact) mass is 488 g/mol. The van der Waals surface area contributed by atoms with Crippen LogP contribution in [0.2, 0.25) is 0 Å². The van der Waals surface area contributed by atoms with E-state index in [0.29, 0.717) is 34.8 Å². The van der Waals surface area contributed by atoms with Gasteiger partial charge in [-0.2, -0.15) is 0 Å². The van der Waals surface area contributed by atoms with Crippen LogP contribution < -0.4 is 5.32 Å². The zero-order chi connectivity index (χ0) is 23.5. The average Bonchev–Trinajstić information content (AvgIpc) is 3.47. The standard InChI is InChI=1S/C27H29FN6S/c1-2-17-12-29-27-23(31-17)18(13-30-27)25-33-24(21-10-9-20(35-21)16-7-8-16)22(28)26(34-25)32-19-11-14-3-5-15(19)6-4-14/h9-10,12-16,19H,2-8,11H2,1H3,(H,29,30)(H,32,33,34). The molecule has 4 aliphatic rings. The second-order valence-electron chi connectivity index (χ2n) is 10.4. The van der Waals surface area contributed by atoms with E-state index in [0.717, 1.165) is 40.4 Å². The van der Waals surface area contributed by atoms with Crippen LogP contribution >= 0.6 is 11.3 Å². The molecule has 4 aromatic heterocycles. The van der Waals surface area contributed by atoms with Crippen molar-refractivity contribution in [2.75, 3.05) is 5.32 Å². The van der Waals surface area contributed by atoms with Gasteiger partial charge in [0.2, 0.25) is 0 Å². The smallest absolute Gasteiger partial charge is 0.192 e. The number of rotatable bonds is 6. The number of halogens is 1. The van der Waals surface area contributed by atoms with Crippen LogP contribution in [0.4, 0.5) is 10.2 Å². The predicted octanol–water partition coefficient (Wildman–Crippen LogP) is 6.71. The first-order chi connectivity index (χ1) is 17.2. The second kappa shape index (κ2) is 8.36. The Balaban J connectivity index is 1.34. The third kappa shape index (κ3) is 3.82. The molecular weight excluding hydrogens is 459 g/mol. The second-order valence-corrected chi connectivity index (χ2v) is 11.5. The third-order valence-corrected chi connectivity index (χ3v) is 9.35. The minimum absolute atomic E-state index is 0.271. The van der Waals surface area contributed by atoms with Crippen LogP contribution in [0.1, 0.15) is 68.4 Å². The van der Waals surface area contributed by atoms with E-state index >= 15 is 4.39 Å². The number of anilines is 1. The molecule has 4 aromatic rings. The molecule has 0 aliphatic heterocycles. The Bertz CT molecular complexity index is 1400. The lowest BCUT2D eigenvalue weighted by atomic mass is 9.68. The molecule has 0 radical (unpaired) electrons. The molecule has 2 bridgehead atoms. The molecular formula is C27H29FN6S. The van der Waals surface area contributed by atoms with E-state index in [4.69, 9.17) is 15.0 Å². The summed E-state index contributed by atoms with van der Waals surface area (Å²) in [4.78, 5) is 24.2. The van der Waals surface area contributed by atoms with Crippen LogP contribution in [0.25, 0.3) is 33.1 Å². The Morgan fingerprint density at radius 1 is 1.09 bits per heavy atom. The van der Waals surface area contributed by atoms with Crippen molar-refractivity contribution < 1.29 is 4.39 Å². The topological polar surface area (TPSA) is 79.4 Å². The van der Waals surface area contributed by atoms with Crippen LogP contribution in [0.3, 0.4) is 0 Å². The highest BCUT2D eigenvalue weighted by Crippen LogP contribution is 2.46. The maximum Gasteiger partial charge on any atom is 0.192 e. The van der Waals surface area contributed by atoms with Gasteiger partial charge in [-0.1, -0.05) is 19.8 Å². The molecule has 8 heteroatoms. The molecule has 1 atom stereocenters. The molecule has 6 nitrogen and oxygen atoms in total. The summed E-state index contributed by atoms with van der Waals surface area (Å²) < 4.78 is 16.0. The number of aromatic amines is 1. The van der Waals surface area contributed by atoms with Gasteiger partial charge in [-0.15, -0.1) is 11.3 Å². The number of hydrogen-bond acceptors (Lipinski definition) is 6. The van der Waals surface area contributed by atoms with Crippen molar-refractivity contribution in [3.05, 3.63) is 40.9 Å². The zero-order valence-electron chi connectivity index (χ0n) is 19.9. The van der Waals surface area contributed by atoms with Crippen molar-refractivity contribution in [2.24, 2.45) is 11.8 Å². The molecule has 0 spiro atoms. The maximum atomic E-state index is 16.0. The summed E-state index contributed by atoms with van der Waals surface area (Å²) in [6.07, 6.45) is 13.0. The van der Waals surface area contributed by atoms with Crippen LogP contribution in [0, 0.1) is 17.7 Å². The Labute approximate surface area is 207 Å². The summed E-state index contributed by atoms with van der Waals surface area (Å²) in [6.45, 7) is 2.06. The fourth-order valence-corrected chi connectivity index (χ4v) is 7.05. The van der Waals surface area contributed by atoms with Gasteiger partial charge in [0.25, 0.3) is 0 Å². The van der Waals surface area contributed by atoms with Gasteiger partial charge in [-0.25, -0.2) is 24.3 Å². The van der Waals surface area contributed by atoms with Gasteiger partial charge in [0.05, 0.1) is 22.3 Å². The quantitative estimate of drug-likeness (QED) is 0.315. The molecule has 4 heterocycles. The first-order valence-corrected chi connectivity index (χ1v) is 13.8. The third-order valence-electron chi connectivity index (χ3n) is 8.09. The Morgan fingerprint density at radius 2 is 1.94 bits per heavy atom. The van der Waals surface area contributed by atoms with Crippen molar-refractivity contribution in [1.29, 1.82) is 0 Å². The highest BCUT2D eigenvalue weighted by atomic mass is 32.1. The minimum atomic E-state index is -0.348. The molecule has 8 rings (SSSR count). The maximum absolute atomic E-state index is 16.0. The van der Waals surface area contributed by atoms with E-state index in [2.05, 4.69) is 28.3 Å². The summed E-state index contributed by atoms with van der Waals surface area (Å²) in [6, 6.07) is 4.42. The number of thiophene rings is 1. The number of H-pyrrole nitrogens is 1. The van der Waals surface area contributed by atoms with Gasteiger partial charge >= 0.3 is 0 Å². The molecule has 1 unspecified atom stereocenters. The van der Waals surface area contributed by atoms with Gasteiger partial charge < -0.3 is 10.3 Å². The first-order valence-electron chi connectivity index (χ1n) is 12.9. The van der Waals surface area contributed by atoms with Gasteiger partial charge in [-0.3, -0.25) is 0 Å². The Morgan fingerprint density at radius 3 is 2.69 bits per heavy atom. The normalized spacial score (nSPS) is 23.8.